The summed E-state index contributed by atoms with van der Waals surface area (Å²) in [7, 11) is 0. The molecule has 0 heterocycles. The Hall–Kier alpha value is -5.11. The lowest BCUT2D eigenvalue weighted by atomic mass is 10.2. The average molecular weight is 596 g/mol. The lowest BCUT2D eigenvalue weighted by Gasteiger charge is -2.11. The molecule has 0 aliphatic rings. The first-order valence-corrected chi connectivity index (χ1v) is 14.8. The van der Waals surface area contributed by atoms with Crippen LogP contribution >= 0.6 is 0 Å². The van der Waals surface area contributed by atoms with E-state index in [0.717, 1.165) is 25.0 Å². The molecule has 8 nitrogen and oxygen atoms in total. The highest BCUT2D eigenvalue weighted by Crippen LogP contribution is 2.27. The molecule has 0 fully saturated rings. The quantitative estimate of drug-likeness (QED) is 0.0776. The van der Waals surface area contributed by atoms with Crippen LogP contribution in [0.1, 0.15) is 66.3 Å². The van der Waals surface area contributed by atoms with Crippen LogP contribution in [0.25, 0.3) is 0 Å². The van der Waals surface area contributed by atoms with E-state index in [1.807, 2.05) is 45.0 Å². The molecule has 4 aromatic rings. The van der Waals surface area contributed by atoms with Crippen molar-refractivity contribution in [3.05, 3.63) is 108 Å². The fourth-order valence-corrected chi connectivity index (χ4v) is 3.90. The van der Waals surface area contributed by atoms with E-state index in [0.29, 0.717) is 53.7 Å². The van der Waals surface area contributed by atoms with Crippen LogP contribution in [0.15, 0.2) is 96.0 Å². The molecule has 228 valence electrons. The second kappa shape index (κ2) is 16.5. The zero-order chi connectivity index (χ0) is 31.1. The van der Waals surface area contributed by atoms with Gasteiger partial charge in [0, 0.05) is 17.8 Å². The van der Waals surface area contributed by atoms with Crippen molar-refractivity contribution in [2.45, 2.75) is 40.0 Å². The number of aliphatic imine (C=N–C) groups is 1. The van der Waals surface area contributed by atoms with Crippen molar-refractivity contribution in [2.75, 3.05) is 19.8 Å². The maximum Gasteiger partial charge on any atom is 0.343 e. The largest absolute Gasteiger partial charge is 0.494 e. The summed E-state index contributed by atoms with van der Waals surface area (Å²) in [4.78, 5) is 30.5. The van der Waals surface area contributed by atoms with Gasteiger partial charge in [-0.2, -0.15) is 0 Å². The minimum atomic E-state index is -0.578. The minimum absolute atomic E-state index is 0.182. The molecule has 0 saturated carbocycles. The number of rotatable bonds is 15. The third-order valence-corrected chi connectivity index (χ3v) is 6.19. The molecular weight excluding hydrogens is 558 g/mol. The van der Waals surface area contributed by atoms with Crippen LogP contribution in [0.5, 0.6) is 28.7 Å². The molecule has 0 aromatic heterocycles. The van der Waals surface area contributed by atoms with E-state index in [1.54, 1.807) is 66.9 Å². The van der Waals surface area contributed by atoms with Gasteiger partial charge in [0.15, 0.2) is 0 Å². The maximum absolute atomic E-state index is 13.1. The smallest absolute Gasteiger partial charge is 0.343 e. The Morgan fingerprint density at radius 1 is 0.568 bits per heavy atom. The number of hydrogen-bond donors (Lipinski definition) is 0. The number of carbonyl (C=O) groups is 2. The van der Waals surface area contributed by atoms with Crippen molar-refractivity contribution in [3.63, 3.8) is 0 Å². The summed E-state index contributed by atoms with van der Waals surface area (Å²) in [6.45, 7) is 7.91. The van der Waals surface area contributed by atoms with Gasteiger partial charge in [0.25, 0.3) is 0 Å². The fourth-order valence-electron chi connectivity index (χ4n) is 3.90. The molecule has 0 radical (unpaired) electrons. The van der Waals surface area contributed by atoms with Crippen LogP contribution in [0.3, 0.4) is 0 Å². The topological polar surface area (TPSA) is 92.7 Å². The predicted molar refractivity (Wildman–Crippen MR) is 170 cm³/mol. The number of hydrogen-bond acceptors (Lipinski definition) is 8. The molecule has 0 unspecified atom stereocenters. The molecular formula is C36H37NO7. The monoisotopic (exact) mass is 595 g/mol. The SMILES string of the molecule is CCCOc1ccc(N=Cc2ccc(OC(=O)c3ccc(OCCC)cc3)cc2OC(=O)c2ccc(OCCC)cc2)cc1. The van der Waals surface area contributed by atoms with Crippen molar-refractivity contribution in [1.29, 1.82) is 0 Å². The summed E-state index contributed by atoms with van der Waals surface area (Å²) in [5, 5.41) is 0. The van der Waals surface area contributed by atoms with Crippen LogP contribution in [-0.4, -0.2) is 38.0 Å². The van der Waals surface area contributed by atoms with E-state index >= 15 is 0 Å². The minimum Gasteiger partial charge on any atom is -0.494 e. The Kier molecular flexibility index (Phi) is 11.9. The number of benzene rings is 4. The van der Waals surface area contributed by atoms with Crippen LogP contribution < -0.4 is 23.7 Å². The van der Waals surface area contributed by atoms with Gasteiger partial charge in [-0.25, -0.2) is 9.59 Å². The Labute approximate surface area is 258 Å². The Morgan fingerprint density at radius 2 is 1.00 bits per heavy atom. The first-order valence-electron chi connectivity index (χ1n) is 14.8. The summed E-state index contributed by atoms with van der Waals surface area (Å²) in [5.41, 5.74) is 1.91. The van der Waals surface area contributed by atoms with E-state index in [9.17, 15) is 9.59 Å². The molecule has 4 rings (SSSR count). The van der Waals surface area contributed by atoms with E-state index in [1.165, 1.54) is 6.07 Å². The maximum atomic E-state index is 13.1. The normalized spacial score (nSPS) is 10.8. The lowest BCUT2D eigenvalue weighted by molar-refractivity contribution is 0.0732. The van der Waals surface area contributed by atoms with Gasteiger partial charge in [-0.15, -0.1) is 0 Å². The summed E-state index contributed by atoms with van der Waals surface area (Å²) in [5.74, 6) is 1.36. The summed E-state index contributed by atoms with van der Waals surface area (Å²) in [6, 6.07) is 25.6. The predicted octanol–water partition coefficient (Wildman–Crippen LogP) is 8.24. The standard InChI is InChI=1S/C36H37NO7/c1-4-21-40-30-14-7-26(8-15-30)35(38)43-33-18-11-28(25-37-29-12-19-32(20-13-29)42-23-6-3)34(24-33)44-36(39)27-9-16-31(17-10-27)41-22-5-2/h7-20,24-25H,4-6,21-23H2,1-3H3. The zero-order valence-electron chi connectivity index (χ0n) is 25.3. The van der Waals surface area contributed by atoms with Gasteiger partial charge in [-0.05, 0) is 104 Å². The molecule has 0 atom stereocenters. The highest BCUT2D eigenvalue weighted by Gasteiger charge is 2.15. The van der Waals surface area contributed by atoms with Gasteiger partial charge >= 0.3 is 11.9 Å². The van der Waals surface area contributed by atoms with Crippen molar-refractivity contribution in [1.82, 2.24) is 0 Å². The van der Waals surface area contributed by atoms with Gasteiger partial charge in [0.05, 0.1) is 36.6 Å². The third kappa shape index (κ3) is 9.46. The van der Waals surface area contributed by atoms with Crippen LogP contribution in [-0.2, 0) is 0 Å². The van der Waals surface area contributed by atoms with E-state index in [-0.39, 0.29) is 11.5 Å². The molecule has 4 aromatic carbocycles. The van der Waals surface area contributed by atoms with Crippen LogP contribution in [0.4, 0.5) is 5.69 Å². The van der Waals surface area contributed by atoms with E-state index in [4.69, 9.17) is 23.7 Å². The van der Waals surface area contributed by atoms with Gasteiger partial charge in [-0.3, -0.25) is 4.99 Å². The van der Waals surface area contributed by atoms with Crippen molar-refractivity contribution in [2.24, 2.45) is 4.99 Å². The van der Waals surface area contributed by atoms with Crippen molar-refractivity contribution in [3.8, 4) is 28.7 Å². The molecule has 0 bridgehead atoms. The molecule has 0 aliphatic heterocycles. The van der Waals surface area contributed by atoms with Gasteiger partial charge in [0.1, 0.15) is 28.7 Å². The third-order valence-electron chi connectivity index (χ3n) is 6.19. The van der Waals surface area contributed by atoms with Crippen molar-refractivity contribution >= 4 is 23.8 Å². The van der Waals surface area contributed by atoms with Crippen LogP contribution in [0.2, 0.25) is 0 Å². The first-order chi connectivity index (χ1) is 21.5. The number of ether oxygens (including phenoxy) is 5. The van der Waals surface area contributed by atoms with Gasteiger partial charge in [0.2, 0.25) is 0 Å². The lowest BCUT2D eigenvalue weighted by Crippen LogP contribution is -2.11. The Balaban J connectivity index is 1.54. The zero-order valence-corrected chi connectivity index (χ0v) is 25.3. The van der Waals surface area contributed by atoms with E-state index < -0.39 is 11.9 Å². The summed E-state index contributed by atoms with van der Waals surface area (Å²) in [6.07, 6.45) is 4.28. The van der Waals surface area contributed by atoms with Crippen molar-refractivity contribution < 1.29 is 33.3 Å². The molecule has 8 heteroatoms. The summed E-state index contributed by atoms with van der Waals surface area (Å²) >= 11 is 0. The van der Waals surface area contributed by atoms with Crippen LogP contribution in [0, 0.1) is 0 Å². The second-order valence-electron chi connectivity index (χ2n) is 9.82. The Bertz CT molecular complexity index is 1530. The molecule has 0 saturated heterocycles. The highest BCUT2D eigenvalue weighted by molar-refractivity contribution is 5.94. The molecule has 0 spiro atoms. The van der Waals surface area contributed by atoms with Gasteiger partial charge < -0.3 is 23.7 Å². The first kappa shape index (κ1) is 31.8. The molecule has 0 N–H and O–H groups in total. The number of carbonyl (C=O) groups excluding carboxylic acids is 2. The average Bonchev–Trinajstić information content (AvgIpc) is 3.06. The highest BCUT2D eigenvalue weighted by atomic mass is 16.5. The fraction of sp³-hybridized carbons (Fsp3) is 0.250. The number of esters is 2. The van der Waals surface area contributed by atoms with Gasteiger partial charge in [-0.1, -0.05) is 20.8 Å². The van der Waals surface area contributed by atoms with E-state index in [2.05, 4.69) is 4.99 Å². The number of nitrogens with zero attached hydrogens (tertiary/aromatic N) is 1. The second-order valence-corrected chi connectivity index (χ2v) is 9.82. The summed E-state index contributed by atoms with van der Waals surface area (Å²) < 4.78 is 28.2. The molecule has 0 amide bonds. The molecule has 0 aliphatic carbocycles. The molecule has 44 heavy (non-hydrogen) atoms. The Morgan fingerprint density at radius 3 is 1.48 bits per heavy atom.